The molecule has 0 aromatic heterocycles. The molecule has 0 saturated heterocycles. The third-order valence-electron chi connectivity index (χ3n) is 1.80. The molecule has 0 aromatic rings. The van der Waals surface area contributed by atoms with Crippen molar-refractivity contribution in [2.24, 2.45) is 0 Å². The summed E-state index contributed by atoms with van der Waals surface area (Å²) >= 11 is 0. The number of hydrogen-bond acceptors (Lipinski definition) is 4. The molecular weight excluding hydrogens is 166 g/mol. The van der Waals surface area contributed by atoms with E-state index in [2.05, 4.69) is 9.76 Å². The van der Waals surface area contributed by atoms with Crippen LogP contribution in [-0.2, 0) is 14.4 Å². The molecule has 1 saturated carbocycles. The van der Waals surface area contributed by atoms with Gasteiger partial charge in [0.25, 0.3) is 10.1 Å². The first-order chi connectivity index (χ1) is 5.14. The molecule has 11 heavy (non-hydrogen) atoms. The zero-order valence-corrected chi connectivity index (χ0v) is 7.36. The van der Waals surface area contributed by atoms with Crippen molar-refractivity contribution in [3.8, 4) is 0 Å². The van der Waals surface area contributed by atoms with Gasteiger partial charge >= 0.3 is 0 Å². The van der Waals surface area contributed by atoms with Gasteiger partial charge in [-0.15, -0.1) is 0 Å². The molecule has 1 N–H and O–H groups in total. The first-order valence-corrected chi connectivity index (χ1v) is 5.38. The lowest BCUT2D eigenvalue weighted by molar-refractivity contribution is 0.122. The maximum absolute atomic E-state index is 10.8. The lowest BCUT2D eigenvalue weighted by atomic mass is 9.94. The van der Waals surface area contributed by atoms with Crippen LogP contribution in [0.1, 0.15) is 26.2 Å². The molecule has 66 valence electrons. The SMILES string of the molecule is CCS(=O)(=O)ONC1CCC1. The third-order valence-corrected chi connectivity index (χ3v) is 2.86. The molecule has 5 heteroatoms. The van der Waals surface area contributed by atoms with Gasteiger partial charge in [0.05, 0.1) is 5.75 Å². The van der Waals surface area contributed by atoms with E-state index in [1.165, 1.54) is 0 Å². The zero-order valence-electron chi connectivity index (χ0n) is 6.54. The molecule has 0 unspecified atom stereocenters. The van der Waals surface area contributed by atoms with E-state index in [0.29, 0.717) is 0 Å². The van der Waals surface area contributed by atoms with Crippen molar-refractivity contribution in [1.82, 2.24) is 5.48 Å². The summed E-state index contributed by atoms with van der Waals surface area (Å²) in [4.78, 5) is 0. The summed E-state index contributed by atoms with van der Waals surface area (Å²) in [5.41, 5.74) is 2.52. The lowest BCUT2D eigenvalue weighted by Crippen LogP contribution is -2.37. The van der Waals surface area contributed by atoms with Crippen molar-refractivity contribution in [2.45, 2.75) is 32.2 Å². The van der Waals surface area contributed by atoms with E-state index in [1.54, 1.807) is 6.92 Å². The topological polar surface area (TPSA) is 55.4 Å². The quantitative estimate of drug-likeness (QED) is 0.635. The predicted molar refractivity (Wildman–Crippen MR) is 41.3 cm³/mol. The Bertz CT molecular complexity index is 208. The average Bonchev–Trinajstić information content (AvgIpc) is 1.84. The van der Waals surface area contributed by atoms with Crippen molar-refractivity contribution in [3.05, 3.63) is 0 Å². The van der Waals surface area contributed by atoms with Crippen LogP contribution in [0.3, 0.4) is 0 Å². The Morgan fingerprint density at radius 1 is 1.55 bits per heavy atom. The summed E-state index contributed by atoms with van der Waals surface area (Å²) in [5.74, 6) is 0.0206. The fourth-order valence-electron chi connectivity index (χ4n) is 0.726. The average molecular weight is 179 g/mol. The second-order valence-corrected chi connectivity index (χ2v) is 4.53. The van der Waals surface area contributed by atoms with Gasteiger partial charge in [-0.05, 0) is 19.8 Å². The summed E-state index contributed by atoms with van der Waals surface area (Å²) in [6.07, 6.45) is 3.19. The van der Waals surface area contributed by atoms with Gasteiger partial charge in [0.1, 0.15) is 0 Å². The highest BCUT2D eigenvalue weighted by Gasteiger charge is 2.19. The van der Waals surface area contributed by atoms with Gasteiger partial charge < -0.3 is 0 Å². The first-order valence-electron chi connectivity index (χ1n) is 3.81. The number of nitrogens with one attached hydrogen (secondary N) is 1. The van der Waals surface area contributed by atoms with Crippen molar-refractivity contribution < 1.29 is 12.7 Å². The molecule has 0 aromatic carbocycles. The predicted octanol–water partition coefficient (Wildman–Crippen LogP) is 0.410. The number of hydrogen-bond donors (Lipinski definition) is 1. The minimum atomic E-state index is -3.30. The Labute approximate surface area is 67.0 Å². The molecule has 1 aliphatic carbocycles. The van der Waals surface area contributed by atoms with Crippen molar-refractivity contribution in [3.63, 3.8) is 0 Å². The van der Waals surface area contributed by atoms with Gasteiger partial charge in [0.2, 0.25) is 0 Å². The number of rotatable bonds is 4. The van der Waals surface area contributed by atoms with Crippen LogP contribution in [0.4, 0.5) is 0 Å². The highest BCUT2D eigenvalue weighted by Crippen LogP contribution is 2.18. The summed E-state index contributed by atoms with van der Waals surface area (Å²) in [6.45, 7) is 1.55. The monoisotopic (exact) mass is 179 g/mol. The summed E-state index contributed by atoms with van der Waals surface area (Å²) in [6, 6.07) is 0.247. The molecule has 0 atom stereocenters. The maximum atomic E-state index is 10.8. The molecule has 1 aliphatic rings. The smallest absolute Gasteiger partial charge is 0.198 e. The van der Waals surface area contributed by atoms with E-state index in [9.17, 15) is 8.42 Å². The number of hydroxylamine groups is 1. The molecule has 0 amide bonds. The van der Waals surface area contributed by atoms with Crippen molar-refractivity contribution in [1.29, 1.82) is 0 Å². The van der Waals surface area contributed by atoms with Crippen LogP contribution in [0.5, 0.6) is 0 Å². The second-order valence-electron chi connectivity index (χ2n) is 2.68. The largest absolute Gasteiger partial charge is 0.282 e. The Morgan fingerprint density at radius 3 is 2.55 bits per heavy atom. The second kappa shape index (κ2) is 3.51. The molecule has 0 bridgehead atoms. The van der Waals surface area contributed by atoms with Crippen LogP contribution in [0.25, 0.3) is 0 Å². The fraction of sp³-hybridized carbons (Fsp3) is 1.00. The Kier molecular flexibility index (Phi) is 2.86. The third kappa shape index (κ3) is 2.76. The minimum Gasteiger partial charge on any atom is -0.198 e. The minimum absolute atomic E-state index is 0.0206. The van der Waals surface area contributed by atoms with Crippen LogP contribution >= 0.6 is 0 Å². The van der Waals surface area contributed by atoms with Crippen LogP contribution < -0.4 is 5.48 Å². The zero-order chi connectivity index (χ0) is 8.32. The van der Waals surface area contributed by atoms with E-state index in [4.69, 9.17) is 0 Å². The molecule has 0 spiro atoms. The first kappa shape index (κ1) is 8.96. The standard InChI is InChI=1S/C6H13NO3S/c1-2-11(8,9)10-7-6-4-3-5-6/h6-7H,2-5H2,1H3. The molecule has 1 rings (SSSR count). The van der Waals surface area contributed by atoms with Crippen molar-refractivity contribution >= 4 is 10.1 Å². The van der Waals surface area contributed by atoms with Gasteiger partial charge in [-0.3, -0.25) is 0 Å². The van der Waals surface area contributed by atoms with Gasteiger partial charge in [-0.1, -0.05) is 6.42 Å². The van der Waals surface area contributed by atoms with Gasteiger partial charge in [0.15, 0.2) is 0 Å². The molecule has 1 fully saturated rings. The van der Waals surface area contributed by atoms with Crippen molar-refractivity contribution in [2.75, 3.05) is 5.75 Å². The van der Waals surface area contributed by atoms with Crippen LogP contribution in [-0.4, -0.2) is 20.2 Å². The van der Waals surface area contributed by atoms with Gasteiger partial charge in [-0.2, -0.15) is 18.2 Å². The summed E-state index contributed by atoms with van der Waals surface area (Å²) in [5, 5.41) is 0. The van der Waals surface area contributed by atoms with E-state index >= 15 is 0 Å². The highest BCUT2D eigenvalue weighted by atomic mass is 32.2. The highest BCUT2D eigenvalue weighted by molar-refractivity contribution is 7.86. The van der Waals surface area contributed by atoms with Crippen LogP contribution in [0.2, 0.25) is 0 Å². The normalized spacial score (nSPS) is 19.7. The summed E-state index contributed by atoms with van der Waals surface area (Å²) < 4.78 is 26.0. The van der Waals surface area contributed by atoms with E-state index in [1.807, 2.05) is 0 Å². The van der Waals surface area contributed by atoms with E-state index in [-0.39, 0.29) is 11.8 Å². The van der Waals surface area contributed by atoms with E-state index in [0.717, 1.165) is 19.3 Å². The van der Waals surface area contributed by atoms with Gasteiger partial charge in [0, 0.05) is 6.04 Å². The molecule has 0 radical (unpaired) electrons. The molecule has 4 nitrogen and oxygen atoms in total. The molecular formula is C6H13NO3S. The summed E-state index contributed by atoms with van der Waals surface area (Å²) in [7, 11) is -3.30. The lowest BCUT2D eigenvalue weighted by Gasteiger charge is -2.24. The Morgan fingerprint density at radius 2 is 2.18 bits per heavy atom. The van der Waals surface area contributed by atoms with Crippen LogP contribution in [0, 0.1) is 0 Å². The molecule has 0 aliphatic heterocycles. The fourth-order valence-corrected chi connectivity index (χ4v) is 1.13. The van der Waals surface area contributed by atoms with E-state index < -0.39 is 10.1 Å². The van der Waals surface area contributed by atoms with Crippen LogP contribution in [0.15, 0.2) is 0 Å². The van der Waals surface area contributed by atoms with Gasteiger partial charge in [-0.25, -0.2) is 0 Å². The Hall–Kier alpha value is -0.130. The maximum Gasteiger partial charge on any atom is 0.282 e. The Balaban J connectivity index is 2.20. The molecule has 0 heterocycles.